The molecule has 0 saturated heterocycles. The molecule has 1 aromatic heterocycles. The maximum atomic E-state index is 13.0. The van der Waals surface area contributed by atoms with Crippen molar-refractivity contribution in [3.8, 4) is 5.75 Å². The molecule has 0 amide bonds. The lowest BCUT2D eigenvalue weighted by Crippen LogP contribution is -2.15. The number of benzene rings is 3. The van der Waals surface area contributed by atoms with Crippen LogP contribution < -0.4 is 4.74 Å². The summed E-state index contributed by atoms with van der Waals surface area (Å²) in [5.74, 6) is 0.383. The predicted octanol–water partition coefficient (Wildman–Crippen LogP) is 4.64. The summed E-state index contributed by atoms with van der Waals surface area (Å²) in [4.78, 5) is 20.6. The Morgan fingerprint density at radius 2 is 1.54 bits per heavy atom. The summed E-state index contributed by atoms with van der Waals surface area (Å²) in [5, 5.41) is 10.9. The zero-order valence-electron chi connectivity index (χ0n) is 15.0. The van der Waals surface area contributed by atoms with Crippen LogP contribution in [0, 0.1) is 0 Å². The van der Waals surface area contributed by atoms with Crippen LogP contribution in [0.5, 0.6) is 5.75 Å². The van der Waals surface area contributed by atoms with Crippen molar-refractivity contribution in [2.75, 3.05) is 6.61 Å². The van der Waals surface area contributed by atoms with E-state index in [1.807, 2.05) is 48.5 Å². The van der Waals surface area contributed by atoms with Crippen molar-refractivity contribution < 1.29 is 14.6 Å². The third-order valence-electron chi connectivity index (χ3n) is 4.30. The molecule has 0 aliphatic heterocycles. The number of nitrogens with zero attached hydrogens (tertiary/aromatic N) is 1. The number of rotatable bonds is 6. The standard InChI is InChI=1S/C23H18N2O3/c26-20(15-28-17-11-5-2-6-12-17)21(22(27)16-9-3-1-4-10-16)23-24-18-13-7-8-14-19(18)25-23/h1-14,27H,15H2,(H,24,25)/b22-21-. The highest BCUT2D eigenvalue weighted by Crippen LogP contribution is 2.26. The highest BCUT2D eigenvalue weighted by molar-refractivity contribution is 6.26. The lowest BCUT2D eigenvalue weighted by molar-refractivity contribution is -0.115. The molecule has 3 aromatic carbocycles. The van der Waals surface area contributed by atoms with Crippen LogP contribution in [-0.4, -0.2) is 27.5 Å². The van der Waals surface area contributed by atoms with Gasteiger partial charge in [-0.2, -0.15) is 0 Å². The molecule has 5 nitrogen and oxygen atoms in total. The Hall–Kier alpha value is -3.86. The van der Waals surface area contributed by atoms with E-state index in [2.05, 4.69) is 9.97 Å². The van der Waals surface area contributed by atoms with Crippen LogP contribution in [0.3, 0.4) is 0 Å². The molecular weight excluding hydrogens is 352 g/mol. The molecule has 0 bridgehead atoms. The SMILES string of the molecule is O=C(COc1ccccc1)/C(=C(/O)c1ccccc1)c1nc2ccccc2[nH]1. The van der Waals surface area contributed by atoms with Gasteiger partial charge in [0.2, 0.25) is 5.78 Å². The number of aromatic amines is 1. The van der Waals surface area contributed by atoms with Gasteiger partial charge in [-0.05, 0) is 24.3 Å². The molecule has 0 radical (unpaired) electrons. The van der Waals surface area contributed by atoms with Gasteiger partial charge in [0, 0.05) is 5.56 Å². The number of aliphatic hydroxyl groups excluding tert-OH is 1. The van der Waals surface area contributed by atoms with E-state index in [4.69, 9.17) is 4.74 Å². The van der Waals surface area contributed by atoms with Gasteiger partial charge in [-0.15, -0.1) is 0 Å². The number of carbonyl (C=O) groups is 1. The molecule has 0 saturated carbocycles. The van der Waals surface area contributed by atoms with Gasteiger partial charge in [0.25, 0.3) is 0 Å². The molecule has 1 heterocycles. The molecule has 0 spiro atoms. The Morgan fingerprint density at radius 3 is 2.25 bits per heavy atom. The van der Waals surface area contributed by atoms with Crippen LogP contribution in [0.2, 0.25) is 0 Å². The van der Waals surface area contributed by atoms with Crippen molar-refractivity contribution in [2.45, 2.75) is 0 Å². The Bertz CT molecular complexity index is 1100. The molecule has 4 aromatic rings. The number of imidazole rings is 1. The third kappa shape index (κ3) is 3.64. The van der Waals surface area contributed by atoms with Gasteiger partial charge in [-0.3, -0.25) is 4.79 Å². The fraction of sp³-hybridized carbons (Fsp3) is 0.0435. The van der Waals surface area contributed by atoms with E-state index in [1.165, 1.54) is 0 Å². The Labute approximate surface area is 161 Å². The Kier molecular flexibility index (Phi) is 4.89. The number of Topliss-reactive ketones (excluding diaryl/α,β-unsaturated/α-hetero) is 1. The Balaban J connectivity index is 1.74. The second-order valence-electron chi connectivity index (χ2n) is 6.22. The van der Waals surface area contributed by atoms with Gasteiger partial charge in [0.1, 0.15) is 22.9 Å². The largest absolute Gasteiger partial charge is 0.506 e. The first-order valence-corrected chi connectivity index (χ1v) is 8.87. The van der Waals surface area contributed by atoms with Crippen LogP contribution in [0.25, 0.3) is 22.4 Å². The monoisotopic (exact) mass is 370 g/mol. The minimum atomic E-state index is -0.371. The molecule has 0 atom stereocenters. The fourth-order valence-electron chi connectivity index (χ4n) is 2.93. The molecule has 4 rings (SSSR count). The van der Waals surface area contributed by atoms with Crippen molar-refractivity contribution in [1.29, 1.82) is 0 Å². The zero-order valence-corrected chi connectivity index (χ0v) is 15.0. The lowest BCUT2D eigenvalue weighted by atomic mass is 10.0. The normalized spacial score (nSPS) is 11.9. The number of aliphatic hydroxyl groups is 1. The van der Waals surface area contributed by atoms with E-state index in [1.54, 1.807) is 36.4 Å². The average Bonchev–Trinajstić information content (AvgIpc) is 3.17. The van der Waals surface area contributed by atoms with E-state index < -0.39 is 0 Å². The number of para-hydroxylation sites is 3. The molecule has 0 aliphatic rings. The number of hydrogen-bond acceptors (Lipinski definition) is 4. The molecule has 138 valence electrons. The second kappa shape index (κ2) is 7.80. The van der Waals surface area contributed by atoms with Crippen molar-refractivity contribution in [1.82, 2.24) is 9.97 Å². The van der Waals surface area contributed by atoms with E-state index >= 15 is 0 Å². The number of nitrogens with one attached hydrogen (secondary N) is 1. The molecule has 0 aliphatic carbocycles. The zero-order chi connectivity index (χ0) is 19.3. The summed E-state index contributed by atoms with van der Waals surface area (Å²) in [6.07, 6.45) is 0. The molecule has 5 heteroatoms. The van der Waals surface area contributed by atoms with Crippen molar-refractivity contribution >= 4 is 28.1 Å². The van der Waals surface area contributed by atoms with Gasteiger partial charge in [0.05, 0.1) is 11.0 Å². The highest BCUT2D eigenvalue weighted by Gasteiger charge is 2.22. The molecule has 2 N–H and O–H groups in total. The van der Waals surface area contributed by atoms with Gasteiger partial charge >= 0.3 is 0 Å². The first-order valence-electron chi connectivity index (χ1n) is 8.87. The van der Waals surface area contributed by atoms with Gasteiger partial charge in [-0.1, -0.05) is 60.7 Å². The van der Waals surface area contributed by atoms with E-state index in [-0.39, 0.29) is 23.7 Å². The van der Waals surface area contributed by atoms with Crippen LogP contribution >= 0.6 is 0 Å². The minimum absolute atomic E-state index is 0.0957. The number of aromatic nitrogens is 2. The van der Waals surface area contributed by atoms with Crippen LogP contribution in [0.4, 0.5) is 0 Å². The molecule has 28 heavy (non-hydrogen) atoms. The van der Waals surface area contributed by atoms with Gasteiger partial charge in [-0.25, -0.2) is 4.98 Å². The summed E-state index contributed by atoms with van der Waals surface area (Å²) >= 11 is 0. The van der Waals surface area contributed by atoms with E-state index in [9.17, 15) is 9.90 Å². The predicted molar refractivity (Wildman–Crippen MR) is 109 cm³/mol. The third-order valence-corrected chi connectivity index (χ3v) is 4.30. The molecule has 0 unspecified atom stereocenters. The minimum Gasteiger partial charge on any atom is -0.506 e. The topological polar surface area (TPSA) is 75.2 Å². The summed E-state index contributed by atoms with van der Waals surface area (Å²) in [6, 6.07) is 25.5. The summed E-state index contributed by atoms with van der Waals surface area (Å²) in [6.45, 7) is -0.215. The number of H-pyrrole nitrogens is 1. The van der Waals surface area contributed by atoms with Gasteiger partial charge in [0.15, 0.2) is 6.61 Å². The average molecular weight is 370 g/mol. The van der Waals surface area contributed by atoms with Crippen LogP contribution in [-0.2, 0) is 4.79 Å². The molecular formula is C23H18N2O3. The number of fused-ring (bicyclic) bond motifs is 1. The number of carbonyl (C=O) groups excluding carboxylic acids is 1. The Morgan fingerprint density at radius 1 is 0.893 bits per heavy atom. The molecule has 0 fully saturated rings. The smallest absolute Gasteiger partial charge is 0.207 e. The van der Waals surface area contributed by atoms with Gasteiger partial charge < -0.3 is 14.8 Å². The fourth-order valence-corrected chi connectivity index (χ4v) is 2.93. The summed E-state index contributed by atoms with van der Waals surface area (Å²) in [7, 11) is 0. The number of ether oxygens (including phenoxy) is 1. The number of ketones is 1. The van der Waals surface area contributed by atoms with Crippen LogP contribution in [0.15, 0.2) is 84.9 Å². The lowest BCUT2D eigenvalue weighted by Gasteiger charge is -2.10. The maximum Gasteiger partial charge on any atom is 0.207 e. The maximum absolute atomic E-state index is 13.0. The van der Waals surface area contributed by atoms with Crippen molar-refractivity contribution in [3.63, 3.8) is 0 Å². The van der Waals surface area contributed by atoms with Crippen LogP contribution in [0.1, 0.15) is 11.4 Å². The summed E-state index contributed by atoms with van der Waals surface area (Å²) < 4.78 is 5.59. The van der Waals surface area contributed by atoms with Crippen molar-refractivity contribution in [3.05, 3.63) is 96.3 Å². The van der Waals surface area contributed by atoms with E-state index in [0.717, 1.165) is 5.52 Å². The number of hydrogen-bond donors (Lipinski definition) is 2. The van der Waals surface area contributed by atoms with E-state index in [0.29, 0.717) is 22.7 Å². The second-order valence-corrected chi connectivity index (χ2v) is 6.22. The first-order chi connectivity index (χ1) is 13.7. The van der Waals surface area contributed by atoms with Crippen molar-refractivity contribution in [2.24, 2.45) is 0 Å². The summed E-state index contributed by atoms with van der Waals surface area (Å²) in [5.41, 5.74) is 2.13. The first kappa shape index (κ1) is 17.5. The quantitative estimate of drug-likeness (QED) is 0.383. The highest BCUT2D eigenvalue weighted by atomic mass is 16.5.